The smallest absolute Gasteiger partial charge is 0.252 e. The Morgan fingerprint density at radius 3 is 1.92 bits per heavy atom. The molecule has 0 aromatic carbocycles. The number of hydroxylamine groups is 2. The number of imide groups is 1. The molecule has 5 nitrogen and oxygen atoms in total. The van der Waals surface area contributed by atoms with Crippen LogP contribution in [0.1, 0.15) is 27.7 Å². The zero-order valence-corrected chi connectivity index (χ0v) is 8.24. The number of nitrogens with zero attached hydrogens (tertiary/aromatic N) is 2. The van der Waals surface area contributed by atoms with E-state index in [0.29, 0.717) is 6.41 Å². The fourth-order valence-electron chi connectivity index (χ4n) is 1.60. The molecule has 0 atom stereocenters. The van der Waals surface area contributed by atoms with Gasteiger partial charge in [-0.15, -0.1) is 0 Å². The zero-order chi connectivity index (χ0) is 10.4. The molecule has 1 rings (SSSR count). The van der Waals surface area contributed by atoms with E-state index in [1.54, 1.807) is 27.7 Å². The van der Waals surface area contributed by atoms with Gasteiger partial charge in [0.25, 0.3) is 5.91 Å². The van der Waals surface area contributed by atoms with Gasteiger partial charge in [0.1, 0.15) is 11.2 Å². The Hall–Kier alpha value is -0.940. The van der Waals surface area contributed by atoms with Crippen molar-refractivity contribution in [3.8, 4) is 0 Å². The molecule has 0 bridgehead atoms. The van der Waals surface area contributed by atoms with Gasteiger partial charge in [-0.3, -0.25) is 14.5 Å². The normalized spacial score (nSPS) is 26.5. The molecule has 1 saturated heterocycles. The van der Waals surface area contributed by atoms with E-state index in [0.717, 1.165) is 9.96 Å². The van der Waals surface area contributed by atoms with Crippen LogP contribution in [0.5, 0.6) is 0 Å². The van der Waals surface area contributed by atoms with E-state index in [-0.39, 0.29) is 0 Å². The lowest BCUT2D eigenvalue weighted by Crippen LogP contribution is -2.49. The first-order chi connectivity index (χ1) is 5.76. The maximum absolute atomic E-state index is 11.6. The maximum Gasteiger partial charge on any atom is 0.252 e. The quantitative estimate of drug-likeness (QED) is 0.594. The van der Waals surface area contributed by atoms with Gasteiger partial charge < -0.3 is 5.21 Å². The van der Waals surface area contributed by atoms with Crippen molar-refractivity contribution in [2.24, 2.45) is 0 Å². The van der Waals surface area contributed by atoms with Crippen LogP contribution in [-0.4, -0.2) is 38.7 Å². The van der Waals surface area contributed by atoms with Gasteiger partial charge >= 0.3 is 0 Å². The summed E-state index contributed by atoms with van der Waals surface area (Å²) in [6.07, 6.45) is 0.445. The lowest BCUT2D eigenvalue weighted by molar-refractivity contribution is -0.208. The van der Waals surface area contributed by atoms with Crippen LogP contribution in [0.25, 0.3) is 0 Å². The molecule has 5 heteroatoms. The summed E-state index contributed by atoms with van der Waals surface area (Å²) < 4.78 is 0. The highest BCUT2D eigenvalue weighted by atomic mass is 16.5. The van der Waals surface area contributed by atoms with Crippen LogP contribution in [0.3, 0.4) is 0 Å². The predicted octanol–water partition coefficient (Wildman–Crippen LogP) is 0.191. The van der Waals surface area contributed by atoms with Crippen LogP contribution >= 0.6 is 0 Å². The second-order valence-electron chi connectivity index (χ2n) is 4.15. The number of carbonyl (C=O) groups excluding carboxylic acids is 2. The minimum atomic E-state index is -1.04. The molecular weight excluding hydrogens is 172 g/mol. The topological polar surface area (TPSA) is 60.9 Å². The molecule has 0 unspecified atom stereocenters. The average molecular weight is 186 g/mol. The van der Waals surface area contributed by atoms with E-state index < -0.39 is 17.1 Å². The van der Waals surface area contributed by atoms with Crippen molar-refractivity contribution in [1.82, 2.24) is 9.96 Å². The summed E-state index contributed by atoms with van der Waals surface area (Å²) in [5.41, 5.74) is -2.01. The monoisotopic (exact) mass is 186 g/mol. The fraction of sp³-hybridized carbons (Fsp3) is 0.750. The molecule has 1 fully saturated rings. The van der Waals surface area contributed by atoms with Gasteiger partial charge in [0, 0.05) is 0 Å². The third-order valence-electron chi connectivity index (χ3n) is 2.48. The van der Waals surface area contributed by atoms with E-state index in [1.165, 1.54) is 0 Å². The molecule has 0 aromatic rings. The van der Waals surface area contributed by atoms with Crippen LogP contribution in [0.15, 0.2) is 0 Å². The van der Waals surface area contributed by atoms with Gasteiger partial charge in [-0.25, -0.2) is 0 Å². The third kappa shape index (κ3) is 1.08. The highest BCUT2D eigenvalue weighted by Crippen LogP contribution is 2.35. The van der Waals surface area contributed by atoms with Crippen molar-refractivity contribution >= 4 is 12.3 Å². The van der Waals surface area contributed by atoms with Gasteiger partial charge in [-0.1, -0.05) is 0 Å². The molecule has 1 aliphatic rings. The van der Waals surface area contributed by atoms with Gasteiger partial charge in [0.05, 0.1) is 0 Å². The van der Waals surface area contributed by atoms with Crippen LogP contribution in [0, 0.1) is 0 Å². The lowest BCUT2D eigenvalue weighted by atomic mass is 10.1. The van der Waals surface area contributed by atoms with Gasteiger partial charge in [0.2, 0.25) is 6.41 Å². The molecule has 13 heavy (non-hydrogen) atoms. The van der Waals surface area contributed by atoms with Crippen molar-refractivity contribution < 1.29 is 14.8 Å². The Balaban J connectivity index is 3.19. The number of amides is 2. The van der Waals surface area contributed by atoms with Crippen LogP contribution < -0.4 is 0 Å². The Morgan fingerprint density at radius 2 is 1.77 bits per heavy atom. The molecule has 0 radical (unpaired) electrons. The Kier molecular flexibility index (Phi) is 1.97. The SMILES string of the molecule is CC1(C)C(=O)N(C=O)C(C)(C)N1O. The van der Waals surface area contributed by atoms with Crippen LogP contribution in [0.4, 0.5) is 0 Å². The zero-order valence-electron chi connectivity index (χ0n) is 8.24. The Labute approximate surface area is 76.9 Å². The number of hydrogen-bond acceptors (Lipinski definition) is 4. The second kappa shape index (κ2) is 2.52. The summed E-state index contributed by atoms with van der Waals surface area (Å²) in [5.74, 6) is -0.394. The molecule has 1 aliphatic heterocycles. The summed E-state index contributed by atoms with van der Waals surface area (Å²) >= 11 is 0. The standard InChI is InChI=1S/C8H14N2O3/c1-7(2)6(12)9(5-11)8(3,4)10(7)13/h5,13H,1-4H3. The fourth-order valence-corrected chi connectivity index (χ4v) is 1.60. The minimum absolute atomic E-state index is 0.394. The first-order valence-corrected chi connectivity index (χ1v) is 4.04. The molecule has 0 aromatic heterocycles. The van der Waals surface area contributed by atoms with Crippen molar-refractivity contribution in [2.75, 3.05) is 0 Å². The third-order valence-corrected chi connectivity index (χ3v) is 2.48. The molecule has 74 valence electrons. The largest absolute Gasteiger partial charge is 0.311 e. The summed E-state index contributed by atoms with van der Waals surface area (Å²) in [6.45, 7) is 6.35. The summed E-state index contributed by atoms with van der Waals surface area (Å²) in [4.78, 5) is 23.2. The van der Waals surface area contributed by atoms with Gasteiger partial charge in [0.15, 0.2) is 0 Å². The lowest BCUT2D eigenvalue weighted by Gasteiger charge is -2.32. The van der Waals surface area contributed by atoms with E-state index in [4.69, 9.17) is 0 Å². The van der Waals surface area contributed by atoms with E-state index in [1.807, 2.05) is 0 Å². The summed E-state index contributed by atoms with van der Waals surface area (Å²) in [6, 6.07) is 0. The molecule has 0 aliphatic carbocycles. The summed E-state index contributed by atoms with van der Waals surface area (Å²) in [5, 5.41) is 10.6. The molecule has 1 heterocycles. The first-order valence-electron chi connectivity index (χ1n) is 4.04. The summed E-state index contributed by atoms with van der Waals surface area (Å²) in [7, 11) is 0. The Morgan fingerprint density at radius 1 is 1.31 bits per heavy atom. The number of hydrogen-bond donors (Lipinski definition) is 1. The molecule has 1 N–H and O–H groups in total. The van der Waals surface area contributed by atoms with Crippen molar-refractivity contribution in [2.45, 2.75) is 38.9 Å². The van der Waals surface area contributed by atoms with Gasteiger partial charge in [-0.05, 0) is 27.7 Å². The minimum Gasteiger partial charge on any atom is -0.311 e. The number of rotatable bonds is 1. The van der Waals surface area contributed by atoms with Crippen LogP contribution in [0.2, 0.25) is 0 Å². The van der Waals surface area contributed by atoms with Crippen molar-refractivity contribution in [1.29, 1.82) is 0 Å². The molecule has 0 spiro atoms. The van der Waals surface area contributed by atoms with Crippen molar-refractivity contribution in [3.63, 3.8) is 0 Å². The van der Waals surface area contributed by atoms with E-state index in [9.17, 15) is 14.8 Å². The van der Waals surface area contributed by atoms with Crippen molar-refractivity contribution in [3.05, 3.63) is 0 Å². The first kappa shape index (κ1) is 10.1. The highest BCUT2D eigenvalue weighted by molar-refractivity contribution is 5.95. The number of carbonyl (C=O) groups is 2. The van der Waals surface area contributed by atoms with E-state index in [2.05, 4.69) is 0 Å². The molecular formula is C8H14N2O3. The molecule has 0 saturated carbocycles. The van der Waals surface area contributed by atoms with Crippen LogP contribution in [-0.2, 0) is 9.59 Å². The highest BCUT2D eigenvalue weighted by Gasteiger charge is 2.56. The molecule has 2 amide bonds. The predicted molar refractivity (Wildman–Crippen MR) is 44.7 cm³/mol. The van der Waals surface area contributed by atoms with E-state index >= 15 is 0 Å². The Bertz CT molecular complexity index is 260. The van der Waals surface area contributed by atoms with Gasteiger partial charge in [-0.2, -0.15) is 5.06 Å². The maximum atomic E-state index is 11.6. The average Bonchev–Trinajstić information content (AvgIpc) is 2.12. The second-order valence-corrected chi connectivity index (χ2v) is 4.15.